The standard InChI is InChI=1S/C13H11NO2S/c15-10-6-3-4-8(12(10)16)13-14-9-5-1-2-7-11(9)17-13/h1-7,10,12,15-16H/t10-,12+/m0/s1. The van der Waals surface area contributed by atoms with Gasteiger partial charge in [-0.1, -0.05) is 30.4 Å². The number of thiazole rings is 1. The van der Waals surface area contributed by atoms with Gasteiger partial charge in [-0.2, -0.15) is 0 Å². The summed E-state index contributed by atoms with van der Waals surface area (Å²) in [7, 11) is 0. The molecular weight excluding hydrogens is 234 g/mol. The Labute approximate surface area is 102 Å². The molecule has 0 aliphatic heterocycles. The van der Waals surface area contributed by atoms with Crippen LogP contribution in [-0.4, -0.2) is 27.4 Å². The molecule has 3 rings (SSSR count). The topological polar surface area (TPSA) is 53.4 Å². The van der Waals surface area contributed by atoms with Crippen molar-refractivity contribution in [1.29, 1.82) is 0 Å². The number of para-hydroxylation sites is 1. The Bertz CT molecular complexity index is 582. The van der Waals surface area contributed by atoms with Crippen LogP contribution in [0.4, 0.5) is 0 Å². The average Bonchev–Trinajstić information content (AvgIpc) is 2.76. The second-order valence-corrected chi connectivity index (χ2v) is 4.96. The molecule has 86 valence electrons. The third kappa shape index (κ3) is 1.80. The van der Waals surface area contributed by atoms with E-state index in [-0.39, 0.29) is 0 Å². The van der Waals surface area contributed by atoms with Crippen LogP contribution in [0.2, 0.25) is 0 Å². The first-order chi connectivity index (χ1) is 8.25. The van der Waals surface area contributed by atoms with Crippen molar-refractivity contribution >= 4 is 27.1 Å². The van der Waals surface area contributed by atoms with Gasteiger partial charge in [-0.3, -0.25) is 0 Å². The third-order valence-electron chi connectivity index (χ3n) is 2.77. The van der Waals surface area contributed by atoms with Gasteiger partial charge in [0.25, 0.3) is 0 Å². The number of hydrogen-bond acceptors (Lipinski definition) is 4. The van der Waals surface area contributed by atoms with Crippen LogP contribution in [0.5, 0.6) is 0 Å². The second kappa shape index (κ2) is 4.07. The molecule has 1 aliphatic carbocycles. The quantitative estimate of drug-likeness (QED) is 0.807. The molecule has 2 aromatic rings. The van der Waals surface area contributed by atoms with E-state index in [1.165, 1.54) is 11.3 Å². The summed E-state index contributed by atoms with van der Waals surface area (Å²) in [6.07, 6.45) is 3.39. The molecular formula is C13H11NO2S. The predicted molar refractivity (Wildman–Crippen MR) is 68.8 cm³/mol. The van der Waals surface area contributed by atoms with Crippen molar-refractivity contribution in [2.45, 2.75) is 12.2 Å². The monoisotopic (exact) mass is 245 g/mol. The zero-order valence-electron chi connectivity index (χ0n) is 8.95. The highest BCUT2D eigenvalue weighted by Crippen LogP contribution is 2.31. The Morgan fingerprint density at radius 3 is 2.82 bits per heavy atom. The van der Waals surface area contributed by atoms with E-state index in [0.717, 1.165) is 15.2 Å². The van der Waals surface area contributed by atoms with Gasteiger partial charge in [0.2, 0.25) is 0 Å². The van der Waals surface area contributed by atoms with E-state index >= 15 is 0 Å². The van der Waals surface area contributed by atoms with Crippen molar-refractivity contribution in [1.82, 2.24) is 4.98 Å². The summed E-state index contributed by atoms with van der Waals surface area (Å²) in [5.41, 5.74) is 1.60. The molecule has 1 aromatic heterocycles. The summed E-state index contributed by atoms with van der Waals surface area (Å²) >= 11 is 1.53. The molecule has 1 aromatic carbocycles. The number of aliphatic hydroxyl groups excluding tert-OH is 2. The van der Waals surface area contributed by atoms with Crippen LogP contribution in [0.15, 0.2) is 42.5 Å². The molecule has 17 heavy (non-hydrogen) atoms. The van der Waals surface area contributed by atoms with Gasteiger partial charge >= 0.3 is 0 Å². The van der Waals surface area contributed by atoms with E-state index in [9.17, 15) is 10.2 Å². The van der Waals surface area contributed by atoms with Gasteiger partial charge < -0.3 is 10.2 Å². The molecule has 0 spiro atoms. The smallest absolute Gasteiger partial charge is 0.123 e. The molecule has 0 saturated carbocycles. The van der Waals surface area contributed by atoms with Crippen molar-refractivity contribution in [2.24, 2.45) is 0 Å². The van der Waals surface area contributed by atoms with Crippen molar-refractivity contribution < 1.29 is 10.2 Å². The fraction of sp³-hybridized carbons (Fsp3) is 0.154. The number of aliphatic hydroxyl groups is 2. The molecule has 0 saturated heterocycles. The van der Waals surface area contributed by atoms with Gasteiger partial charge in [-0.15, -0.1) is 11.3 Å². The molecule has 1 heterocycles. The van der Waals surface area contributed by atoms with Gasteiger partial charge in [0.05, 0.1) is 10.2 Å². The number of hydrogen-bond donors (Lipinski definition) is 2. The van der Waals surface area contributed by atoms with E-state index < -0.39 is 12.2 Å². The molecule has 0 radical (unpaired) electrons. The lowest BCUT2D eigenvalue weighted by Gasteiger charge is -2.19. The minimum Gasteiger partial charge on any atom is -0.386 e. The number of nitrogens with zero attached hydrogens (tertiary/aromatic N) is 1. The van der Waals surface area contributed by atoms with Crippen molar-refractivity contribution in [3.63, 3.8) is 0 Å². The largest absolute Gasteiger partial charge is 0.386 e. The first kappa shape index (κ1) is 10.7. The SMILES string of the molecule is O[C@@H]1C(c2nc3ccccc3s2)=CC=C[C@@H]1O. The maximum absolute atomic E-state index is 9.91. The fourth-order valence-electron chi connectivity index (χ4n) is 1.85. The number of allylic oxidation sites excluding steroid dienone is 2. The number of rotatable bonds is 1. The zero-order chi connectivity index (χ0) is 11.8. The number of aromatic nitrogens is 1. The zero-order valence-corrected chi connectivity index (χ0v) is 9.76. The second-order valence-electron chi connectivity index (χ2n) is 3.93. The number of benzene rings is 1. The summed E-state index contributed by atoms with van der Waals surface area (Å²) in [6.45, 7) is 0. The Hall–Kier alpha value is -1.49. The van der Waals surface area contributed by atoms with Gasteiger partial charge in [0.1, 0.15) is 17.2 Å². The summed E-state index contributed by atoms with van der Waals surface area (Å²) in [4.78, 5) is 4.47. The van der Waals surface area contributed by atoms with Crippen LogP contribution in [-0.2, 0) is 0 Å². The molecule has 0 amide bonds. The lowest BCUT2D eigenvalue weighted by atomic mass is 10.00. The average molecular weight is 245 g/mol. The maximum atomic E-state index is 9.91. The minimum absolute atomic E-state index is 0.682. The highest BCUT2D eigenvalue weighted by atomic mass is 32.1. The van der Waals surface area contributed by atoms with Crippen LogP contribution in [0.3, 0.4) is 0 Å². The number of fused-ring (bicyclic) bond motifs is 1. The summed E-state index contributed by atoms with van der Waals surface area (Å²) in [5, 5.41) is 20.3. The van der Waals surface area contributed by atoms with Crippen LogP contribution in [0, 0.1) is 0 Å². The van der Waals surface area contributed by atoms with E-state index in [4.69, 9.17) is 0 Å². The van der Waals surface area contributed by atoms with E-state index in [1.54, 1.807) is 18.2 Å². The first-order valence-electron chi connectivity index (χ1n) is 5.36. The maximum Gasteiger partial charge on any atom is 0.123 e. The molecule has 1 aliphatic rings. The molecule has 0 bridgehead atoms. The Balaban J connectivity index is 2.09. The lowest BCUT2D eigenvalue weighted by molar-refractivity contribution is 0.0859. The molecule has 4 heteroatoms. The minimum atomic E-state index is -0.888. The van der Waals surface area contributed by atoms with E-state index in [1.807, 2.05) is 24.3 Å². The first-order valence-corrected chi connectivity index (χ1v) is 6.18. The van der Waals surface area contributed by atoms with Crippen molar-refractivity contribution in [3.05, 3.63) is 47.5 Å². The van der Waals surface area contributed by atoms with Gasteiger partial charge in [0, 0.05) is 5.57 Å². The van der Waals surface area contributed by atoms with Crippen molar-refractivity contribution in [2.75, 3.05) is 0 Å². The van der Waals surface area contributed by atoms with Crippen LogP contribution in [0.25, 0.3) is 15.8 Å². The normalized spacial score (nSPS) is 24.0. The lowest BCUT2D eigenvalue weighted by Crippen LogP contribution is -2.26. The van der Waals surface area contributed by atoms with Crippen molar-refractivity contribution in [3.8, 4) is 0 Å². The predicted octanol–water partition coefficient (Wildman–Crippen LogP) is 1.97. The summed E-state index contributed by atoms with van der Waals surface area (Å²) in [5.74, 6) is 0. The van der Waals surface area contributed by atoms with Crippen LogP contribution < -0.4 is 0 Å². The molecule has 2 atom stereocenters. The Morgan fingerprint density at radius 2 is 2.00 bits per heavy atom. The molecule has 2 N–H and O–H groups in total. The molecule has 0 unspecified atom stereocenters. The summed E-state index contributed by atoms with van der Waals surface area (Å²) < 4.78 is 1.08. The molecule has 0 fully saturated rings. The fourth-order valence-corrected chi connectivity index (χ4v) is 2.88. The molecule has 3 nitrogen and oxygen atoms in total. The summed E-state index contributed by atoms with van der Waals surface area (Å²) in [6, 6.07) is 7.84. The Kier molecular flexibility index (Phi) is 2.55. The highest BCUT2D eigenvalue weighted by molar-refractivity contribution is 7.19. The van der Waals surface area contributed by atoms with Crippen LogP contribution in [0.1, 0.15) is 5.01 Å². The highest BCUT2D eigenvalue weighted by Gasteiger charge is 2.24. The third-order valence-corrected chi connectivity index (χ3v) is 3.85. The van der Waals surface area contributed by atoms with E-state index in [0.29, 0.717) is 5.57 Å². The van der Waals surface area contributed by atoms with Gasteiger partial charge in [-0.25, -0.2) is 4.98 Å². The van der Waals surface area contributed by atoms with E-state index in [2.05, 4.69) is 4.98 Å². The van der Waals surface area contributed by atoms with Gasteiger partial charge in [-0.05, 0) is 12.1 Å². The van der Waals surface area contributed by atoms with Gasteiger partial charge in [0.15, 0.2) is 0 Å². The van der Waals surface area contributed by atoms with Crippen LogP contribution >= 0.6 is 11.3 Å². The Morgan fingerprint density at radius 1 is 1.18 bits per heavy atom.